The van der Waals surface area contributed by atoms with E-state index in [4.69, 9.17) is 0 Å². The van der Waals surface area contributed by atoms with Gasteiger partial charge in [0.1, 0.15) is 6.54 Å². The summed E-state index contributed by atoms with van der Waals surface area (Å²) in [4.78, 5) is 20.5. The largest absolute Gasteiger partial charge is 0.406 e. The van der Waals surface area contributed by atoms with E-state index in [1.54, 1.807) is 51.2 Å². The van der Waals surface area contributed by atoms with E-state index in [2.05, 4.69) is 38.4 Å². The summed E-state index contributed by atoms with van der Waals surface area (Å²) in [7, 11) is 0. The lowest BCUT2D eigenvalue weighted by Crippen LogP contribution is -2.50. The second-order valence-corrected chi connectivity index (χ2v) is 12.5. The number of pyridine rings is 1. The zero-order valence-corrected chi connectivity index (χ0v) is 26.0. The van der Waals surface area contributed by atoms with Crippen molar-refractivity contribution >= 4 is 28.2 Å². The van der Waals surface area contributed by atoms with Crippen molar-refractivity contribution < 1.29 is 18.0 Å². The number of nitriles is 1. The van der Waals surface area contributed by atoms with Gasteiger partial charge in [-0.15, -0.1) is 0 Å². The van der Waals surface area contributed by atoms with Crippen LogP contribution >= 0.6 is 0 Å². The fourth-order valence-corrected chi connectivity index (χ4v) is 6.24. The number of amides is 1. The lowest BCUT2D eigenvalue weighted by Gasteiger charge is -2.42. The number of fused-ring (bicyclic) bond motifs is 1. The Kier molecular flexibility index (Phi) is 9.59. The summed E-state index contributed by atoms with van der Waals surface area (Å²) >= 11 is 0. The Morgan fingerprint density at radius 2 is 1.80 bits per heavy atom. The van der Waals surface area contributed by atoms with Crippen LogP contribution in [-0.4, -0.2) is 76.2 Å². The minimum Gasteiger partial charge on any atom is -0.382 e. The summed E-state index contributed by atoms with van der Waals surface area (Å²) < 4.78 is 42.2. The Morgan fingerprint density at radius 3 is 2.42 bits per heavy atom. The zero-order chi connectivity index (χ0) is 32.2. The second-order valence-electron chi connectivity index (χ2n) is 12.5. The topological polar surface area (TPSA) is 89.2 Å². The number of nitrogens with one attached hydrogen (secondary N) is 2. The number of hydrogen-bond acceptors (Lipinski definition) is 6. The van der Waals surface area contributed by atoms with E-state index in [0.717, 1.165) is 62.9 Å². The van der Waals surface area contributed by atoms with Gasteiger partial charge in [0.2, 0.25) is 5.91 Å². The maximum atomic E-state index is 13.7. The fraction of sp³-hybridized carbons (Fsp3) is 0.500. The van der Waals surface area contributed by atoms with E-state index in [1.165, 1.54) is 4.57 Å². The number of aromatic nitrogens is 2. The number of nitrogens with zero attached hydrogens (tertiary/aromatic N) is 5. The third-order valence-electron chi connectivity index (χ3n) is 8.88. The van der Waals surface area contributed by atoms with E-state index < -0.39 is 18.1 Å². The van der Waals surface area contributed by atoms with Crippen LogP contribution in [0, 0.1) is 23.2 Å². The molecule has 0 bridgehead atoms. The van der Waals surface area contributed by atoms with Gasteiger partial charge in [-0.25, -0.2) is 0 Å². The molecule has 45 heavy (non-hydrogen) atoms. The molecule has 1 aromatic carbocycles. The van der Waals surface area contributed by atoms with Gasteiger partial charge in [0.25, 0.3) is 0 Å². The Balaban J connectivity index is 1.26. The highest BCUT2D eigenvalue weighted by Gasteiger charge is 2.31. The molecule has 2 aliphatic rings. The van der Waals surface area contributed by atoms with Crippen LogP contribution in [0.15, 0.2) is 42.6 Å². The molecule has 0 saturated carbocycles. The Morgan fingerprint density at radius 1 is 1.07 bits per heavy atom. The van der Waals surface area contributed by atoms with Crippen LogP contribution in [0.4, 0.5) is 24.5 Å². The van der Waals surface area contributed by atoms with Crippen molar-refractivity contribution in [3.05, 3.63) is 54.0 Å². The first kappa shape index (κ1) is 32.2. The molecule has 2 fully saturated rings. The number of benzene rings is 1. The number of carbonyl (C=O) groups is 1. The summed E-state index contributed by atoms with van der Waals surface area (Å²) in [5.74, 6) is 6.05. The van der Waals surface area contributed by atoms with Gasteiger partial charge >= 0.3 is 6.18 Å². The zero-order valence-electron chi connectivity index (χ0n) is 26.0. The van der Waals surface area contributed by atoms with Crippen molar-refractivity contribution in [2.24, 2.45) is 0 Å². The third kappa shape index (κ3) is 7.90. The van der Waals surface area contributed by atoms with E-state index in [0.29, 0.717) is 28.6 Å². The van der Waals surface area contributed by atoms with Gasteiger partial charge in [-0.3, -0.25) is 9.78 Å². The van der Waals surface area contributed by atoms with Crippen LogP contribution in [0.5, 0.6) is 0 Å². The van der Waals surface area contributed by atoms with Gasteiger partial charge in [-0.1, -0.05) is 12.0 Å². The highest BCUT2D eigenvalue weighted by Crippen LogP contribution is 2.32. The molecule has 2 aliphatic heterocycles. The lowest BCUT2D eigenvalue weighted by molar-refractivity contribution is -0.140. The average molecular weight is 620 g/mol. The van der Waals surface area contributed by atoms with E-state index in [1.807, 2.05) is 17.0 Å². The van der Waals surface area contributed by atoms with Crippen LogP contribution in [0.3, 0.4) is 0 Å². The maximum absolute atomic E-state index is 13.7. The first-order chi connectivity index (χ1) is 21.4. The van der Waals surface area contributed by atoms with Gasteiger partial charge in [0, 0.05) is 56.3 Å². The molecule has 1 amide bonds. The molecule has 2 N–H and O–H groups in total. The first-order valence-electron chi connectivity index (χ1n) is 15.5. The highest BCUT2D eigenvalue weighted by atomic mass is 19.4. The molecule has 11 heteroatoms. The Hall–Kier alpha value is -4.22. The highest BCUT2D eigenvalue weighted by molar-refractivity contribution is 5.94. The Labute approximate surface area is 262 Å². The van der Waals surface area contributed by atoms with Crippen LogP contribution in [0.1, 0.15) is 57.8 Å². The van der Waals surface area contributed by atoms with Crippen molar-refractivity contribution in [1.29, 1.82) is 5.26 Å². The molecule has 4 heterocycles. The molecule has 0 atom stereocenters. The smallest absolute Gasteiger partial charge is 0.382 e. The van der Waals surface area contributed by atoms with Crippen molar-refractivity contribution in [2.75, 3.05) is 43.4 Å². The quantitative estimate of drug-likeness (QED) is 0.328. The summed E-state index contributed by atoms with van der Waals surface area (Å²) in [6, 6.07) is 13.7. The van der Waals surface area contributed by atoms with Gasteiger partial charge < -0.3 is 25.0 Å². The number of halogens is 3. The monoisotopic (exact) mass is 619 g/mol. The fourth-order valence-electron chi connectivity index (χ4n) is 6.24. The Bertz CT molecular complexity index is 1600. The molecule has 8 nitrogen and oxygen atoms in total. The van der Waals surface area contributed by atoms with Gasteiger partial charge in [0.15, 0.2) is 0 Å². The molecule has 0 aliphatic carbocycles. The predicted molar refractivity (Wildman–Crippen MR) is 170 cm³/mol. The molecule has 5 rings (SSSR count). The number of piperidine rings is 2. The molecule has 0 radical (unpaired) electrons. The minimum absolute atomic E-state index is 0.140. The van der Waals surface area contributed by atoms with Crippen LogP contribution in [0.25, 0.3) is 10.9 Å². The first-order valence-corrected chi connectivity index (χ1v) is 15.5. The number of alkyl halides is 3. The van der Waals surface area contributed by atoms with E-state index in [-0.39, 0.29) is 18.5 Å². The number of hydrogen-bond donors (Lipinski definition) is 2. The van der Waals surface area contributed by atoms with Crippen molar-refractivity contribution in [3.63, 3.8) is 0 Å². The number of rotatable bonds is 7. The molecule has 0 unspecified atom stereocenters. The normalized spacial score (nSPS) is 17.0. The standard InChI is InChI=1S/C34H40F3N7O/c1-24(45)42-18-13-27(14-19-42)43-16-11-25(12-17-43)41-30-7-4-8-31-29(30)20-28(44(31)23-34(35,36)37)6-5-15-39-26-9-10-32(40-21-26)33(2,3)22-38/h4,7-10,20-21,25,27,39,41H,11-19,23H2,1-3H3. The minimum atomic E-state index is -4.40. The molecule has 0 spiro atoms. The van der Waals surface area contributed by atoms with Crippen LogP contribution in [-0.2, 0) is 16.8 Å². The van der Waals surface area contributed by atoms with Crippen molar-refractivity contribution in [3.8, 4) is 17.9 Å². The molecule has 2 aromatic heterocycles. The van der Waals surface area contributed by atoms with Crippen LogP contribution in [0.2, 0.25) is 0 Å². The molecular weight excluding hydrogens is 579 g/mol. The lowest BCUT2D eigenvalue weighted by atomic mass is 9.91. The average Bonchev–Trinajstić information content (AvgIpc) is 3.36. The third-order valence-corrected chi connectivity index (χ3v) is 8.88. The number of likely N-dealkylation sites (tertiary alicyclic amines) is 2. The molecule has 3 aromatic rings. The van der Waals surface area contributed by atoms with E-state index in [9.17, 15) is 23.2 Å². The maximum Gasteiger partial charge on any atom is 0.406 e. The van der Waals surface area contributed by atoms with Crippen LogP contribution < -0.4 is 10.6 Å². The SMILES string of the molecule is CC(=O)N1CCC(N2CCC(Nc3cccc4c3cc(C#CCNc3ccc(C(C)(C)C#N)nc3)n4CC(F)(F)F)CC2)CC1. The van der Waals surface area contributed by atoms with Crippen molar-refractivity contribution in [2.45, 2.75) is 76.7 Å². The van der Waals surface area contributed by atoms with Gasteiger partial charge in [-0.2, -0.15) is 18.4 Å². The summed E-state index contributed by atoms with van der Waals surface area (Å²) in [5, 5.41) is 16.8. The van der Waals surface area contributed by atoms with Gasteiger partial charge in [-0.05, 0) is 75.8 Å². The van der Waals surface area contributed by atoms with Crippen molar-refractivity contribution in [1.82, 2.24) is 19.4 Å². The number of anilines is 2. The molecular formula is C34H40F3N7O. The number of carbonyl (C=O) groups excluding carboxylic acids is 1. The summed E-state index contributed by atoms with van der Waals surface area (Å²) in [6.07, 6.45) is 1.09. The molecule has 238 valence electrons. The second kappa shape index (κ2) is 13.4. The molecule has 2 saturated heterocycles. The predicted octanol–water partition coefficient (Wildman–Crippen LogP) is 5.75. The van der Waals surface area contributed by atoms with Gasteiger partial charge in [0.05, 0.1) is 46.8 Å². The van der Waals surface area contributed by atoms with E-state index >= 15 is 0 Å². The summed E-state index contributed by atoms with van der Waals surface area (Å²) in [6.45, 7) is 7.82. The summed E-state index contributed by atoms with van der Waals surface area (Å²) in [5.41, 5.74) is 2.26.